The Labute approximate surface area is 130 Å². The topological polar surface area (TPSA) is 20.2 Å². The first-order valence-electron chi connectivity index (χ1n) is 6.65. The first-order chi connectivity index (χ1) is 10.3. The van der Waals surface area contributed by atoms with Gasteiger partial charge in [0.2, 0.25) is 0 Å². The van der Waals surface area contributed by atoms with Crippen molar-refractivity contribution >= 4 is 30.4 Å². The van der Waals surface area contributed by atoms with Gasteiger partial charge in [-0.25, -0.2) is 0 Å². The minimum atomic E-state index is -1.36. The van der Waals surface area contributed by atoms with Gasteiger partial charge >= 0.3 is 0 Å². The minimum absolute atomic E-state index is 0.713. The maximum absolute atomic E-state index is 10.7. The van der Waals surface area contributed by atoms with Crippen molar-refractivity contribution in [3.63, 3.8) is 0 Å². The molecule has 104 valence electrons. The fourth-order valence-electron chi connectivity index (χ4n) is 2.24. The summed E-state index contributed by atoms with van der Waals surface area (Å²) in [5, 5.41) is 2.63. The van der Waals surface area contributed by atoms with Crippen molar-refractivity contribution < 1.29 is 4.89 Å². The van der Waals surface area contributed by atoms with Crippen molar-refractivity contribution in [2.75, 3.05) is 0 Å². The molecular weight excluding hydrogens is 299 g/mol. The highest BCUT2D eigenvalue weighted by atomic mass is 35.5. The lowest BCUT2D eigenvalue weighted by Crippen LogP contribution is -2.13. The Kier molecular flexibility index (Phi) is 4.36. The molecule has 0 fully saturated rings. The summed E-state index contributed by atoms with van der Waals surface area (Å²) < 4.78 is 0. The average Bonchev–Trinajstić information content (AvgIpc) is 2.56. The third kappa shape index (κ3) is 3.16. The van der Waals surface area contributed by atoms with Crippen LogP contribution >= 0.6 is 19.7 Å². The van der Waals surface area contributed by atoms with Crippen LogP contribution in [0.4, 0.5) is 0 Å². The molecule has 0 saturated heterocycles. The van der Waals surface area contributed by atoms with Gasteiger partial charge in [-0.05, 0) is 23.3 Å². The molecule has 1 unspecified atom stereocenters. The molecule has 0 aliphatic rings. The molecule has 1 atom stereocenters. The van der Waals surface area contributed by atoms with Crippen LogP contribution < -0.4 is 10.6 Å². The fourth-order valence-corrected chi connectivity index (χ4v) is 3.76. The van der Waals surface area contributed by atoms with E-state index in [1.165, 1.54) is 0 Å². The van der Waals surface area contributed by atoms with E-state index in [4.69, 9.17) is 11.6 Å². The molecule has 3 aromatic rings. The van der Waals surface area contributed by atoms with Crippen LogP contribution in [0.1, 0.15) is 0 Å². The van der Waals surface area contributed by atoms with Crippen molar-refractivity contribution in [3.8, 4) is 11.1 Å². The average molecular weight is 313 g/mol. The van der Waals surface area contributed by atoms with E-state index in [0.717, 1.165) is 21.7 Å². The Morgan fingerprint density at radius 1 is 0.714 bits per heavy atom. The summed E-state index contributed by atoms with van der Waals surface area (Å²) >= 11 is 5.95. The van der Waals surface area contributed by atoms with Gasteiger partial charge in [0.25, 0.3) is 0 Å². The van der Waals surface area contributed by atoms with Gasteiger partial charge in [-0.15, -0.1) is 0 Å². The fraction of sp³-hybridized carbons (Fsp3) is 0. The molecule has 21 heavy (non-hydrogen) atoms. The summed E-state index contributed by atoms with van der Waals surface area (Å²) in [4.78, 5) is 10.7. The molecule has 0 heterocycles. The van der Waals surface area contributed by atoms with E-state index < -0.39 is 8.15 Å². The molecule has 0 radical (unpaired) electrons. The van der Waals surface area contributed by atoms with Gasteiger partial charge < -0.3 is 4.89 Å². The van der Waals surface area contributed by atoms with E-state index >= 15 is 0 Å². The zero-order chi connectivity index (χ0) is 14.7. The highest BCUT2D eigenvalue weighted by Crippen LogP contribution is 2.33. The van der Waals surface area contributed by atoms with Gasteiger partial charge in [0.15, 0.2) is 0 Å². The van der Waals surface area contributed by atoms with Gasteiger partial charge in [-0.3, -0.25) is 0 Å². The Morgan fingerprint density at radius 2 is 1.33 bits per heavy atom. The second-order valence-electron chi connectivity index (χ2n) is 4.67. The maximum atomic E-state index is 10.7. The molecule has 3 rings (SSSR count). The zero-order valence-electron chi connectivity index (χ0n) is 11.3. The number of rotatable bonds is 3. The van der Waals surface area contributed by atoms with E-state index in [0.29, 0.717) is 5.02 Å². The molecular formula is C18H14ClOP. The Balaban J connectivity index is 2.06. The Morgan fingerprint density at radius 3 is 2.05 bits per heavy atom. The third-order valence-electron chi connectivity index (χ3n) is 3.29. The van der Waals surface area contributed by atoms with Gasteiger partial charge in [0.05, 0.1) is 8.15 Å². The van der Waals surface area contributed by atoms with Crippen molar-refractivity contribution in [2.45, 2.75) is 0 Å². The van der Waals surface area contributed by atoms with Crippen molar-refractivity contribution in [1.82, 2.24) is 0 Å². The monoisotopic (exact) mass is 312 g/mol. The van der Waals surface area contributed by atoms with E-state index in [9.17, 15) is 4.89 Å². The van der Waals surface area contributed by atoms with E-state index in [-0.39, 0.29) is 0 Å². The molecule has 0 aromatic heterocycles. The Bertz CT molecular complexity index is 726. The molecule has 0 spiro atoms. The molecule has 0 bridgehead atoms. The summed E-state index contributed by atoms with van der Waals surface area (Å²) in [6.07, 6.45) is 0. The van der Waals surface area contributed by atoms with Crippen molar-refractivity contribution in [3.05, 3.63) is 83.9 Å². The van der Waals surface area contributed by atoms with E-state index in [1.807, 2.05) is 78.9 Å². The molecule has 0 saturated carbocycles. The highest BCUT2D eigenvalue weighted by molar-refractivity contribution is 7.67. The molecule has 1 nitrogen and oxygen atoms in total. The molecule has 0 amide bonds. The number of hydrogen-bond acceptors (Lipinski definition) is 1. The summed E-state index contributed by atoms with van der Waals surface area (Å²) in [6.45, 7) is 0. The van der Waals surface area contributed by atoms with Crippen molar-refractivity contribution in [1.29, 1.82) is 0 Å². The first kappa shape index (κ1) is 14.3. The molecule has 0 aliphatic carbocycles. The van der Waals surface area contributed by atoms with Crippen molar-refractivity contribution in [2.24, 2.45) is 0 Å². The predicted molar refractivity (Wildman–Crippen MR) is 91.7 cm³/mol. The maximum Gasteiger partial charge on any atom is 0.0883 e. The minimum Gasteiger partial charge on any atom is -0.364 e. The van der Waals surface area contributed by atoms with Gasteiger partial charge in [0, 0.05) is 15.6 Å². The summed E-state index contributed by atoms with van der Waals surface area (Å²) in [7, 11) is -1.36. The number of benzene rings is 3. The highest BCUT2D eigenvalue weighted by Gasteiger charge is 2.15. The largest absolute Gasteiger partial charge is 0.364 e. The normalized spacial score (nSPS) is 12.1. The SMILES string of the molecule is OP(c1ccccc1)c1ccccc1-c1ccc(Cl)cc1. The second kappa shape index (κ2) is 6.41. The van der Waals surface area contributed by atoms with Gasteiger partial charge in [-0.1, -0.05) is 78.3 Å². The lowest BCUT2D eigenvalue weighted by Gasteiger charge is -2.15. The Hall–Kier alpha value is -1.66. The lowest BCUT2D eigenvalue weighted by molar-refractivity contribution is 0.645. The van der Waals surface area contributed by atoms with Crippen LogP contribution in [-0.4, -0.2) is 4.89 Å². The summed E-state index contributed by atoms with van der Waals surface area (Å²) in [6, 6.07) is 25.5. The van der Waals surface area contributed by atoms with Crippen LogP contribution in [0, 0.1) is 0 Å². The van der Waals surface area contributed by atoms with Crippen LogP contribution in [0.5, 0.6) is 0 Å². The van der Waals surface area contributed by atoms with Crippen LogP contribution in [-0.2, 0) is 0 Å². The standard InChI is InChI=1S/C18H14ClOP/c19-15-12-10-14(11-13-15)17-8-4-5-9-18(17)21(20)16-6-2-1-3-7-16/h1-13,20H. The van der Waals surface area contributed by atoms with Crippen LogP contribution in [0.15, 0.2) is 78.9 Å². The lowest BCUT2D eigenvalue weighted by atomic mass is 10.1. The molecule has 1 N–H and O–H groups in total. The quantitative estimate of drug-likeness (QED) is 0.713. The summed E-state index contributed by atoms with van der Waals surface area (Å²) in [5.41, 5.74) is 2.11. The van der Waals surface area contributed by atoms with Gasteiger partial charge in [0.1, 0.15) is 0 Å². The zero-order valence-corrected chi connectivity index (χ0v) is 12.9. The molecule has 0 aliphatic heterocycles. The number of hydrogen-bond donors (Lipinski definition) is 1. The van der Waals surface area contributed by atoms with E-state index in [1.54, 1.807) is 0 Å². The van der Waals surface area contributed by atoms with E-state index in [2.05, 4.69) is 0 Å². The van der Waals surface area contributed by atoms with Crippen LogP contribution in [0.2, 0.25) is 5.02 Å². The third-order valence-corrected chi connectivity index (χ3v) is 5.17. The second-order valence-corrected chi connectivity index (χ2v) is 6.73. The molecule has 3 aromatic carbocycles. The predicted octanol–water partition coefficient (Wildman–Crippen LogP) is 4.35. The first-order valence-corrected chi connectivity index (χ1v) is 8.32. The molecule has 3 heteroatoms. The summed E-state index contributed by atoms with van der Waals surface area (Å²) in [5.74, 6) is 0. The van der Waals surface area contributed by atoms with Gasteiger partial charge in [-0.2, -0.15) is 0 Å². The van der Waals surface area contributed by atoms with Crippen LogP contribution in [0.25, 0.3) is 11.1 Å². The smallest absolute Gasteiger partial charge is 0.0883 e. The van der Waals surface area contributed by atoms with Crippen LogP contribution in [0.3, 0.4) is 0 Å². The number of halogens is 1.